The number of benzene rings is 1. The lowest BCUT2D eigenvalue weighted by atomic mass is 9.80. The molecule has 1 aromatic rings. The molecule has 0 aliphatic carbocycles. The zero-order chi connectivity index (χ0) is 11.6. The highest BCUT2D eigenvalue weighted by atomic mass is 32.2. The summed E-state index contributed by atoms with van der Waals surface area (Å²) in [5, 5.41) is 22.7. The predicted octanol–water partition coefficient (Wildman–Crippen LogP) is -1.98. The van der Waals surface area contributed by atoms with Gasteiger partial charge in [0.05, 0.1) is 12.0 Å². The Morgan fingerprint density at radius 2 is 1.93 bits per heavy atom. The Bertz CT molecular complexity index is 458. The number of primary sulfonamides is 1. The van der Waals surface area contributed by atoms with Crippen LogP contribution < -0.4 is 15.3 Å². The van der Waals surface area contributed by atoms with E-state index in [9.17, 15) is 8.42 Å². The number of rotatable bonds is 3. The largest absolute Gasteiger partial charge is 0.497 e. The third kappa shape index (κ3) is 2.93. The molecule has 0 aromatic heterocycles. The molecule has 0 saturated carbocycles. The van der Waals surface area contributed by atoms with Gasteiger partial charge in [-0.2, -0.15) is 0 Å². The van der Waals surface area contributed by atoms with Gasteiger partial charge < -0.3 is 14.8 Å². The highest BCUT2D eigenvalue weighted by Gasteiger charge is 2.17. The van der Waals surface area contributed by atoms with Crippen molar-refractivity contribution in [1.82, 2.24) is 0 Å². The second-order valence-electron chi connectivity index (χ2n) is 2.86. The van der Waals surface area contributed by atoms with E-state index in [4.69, 9.17) is 19.9 Å². The highest BCUT2D eigenvalue weighted by molar-refractivity contribution is 7.89. The molecule has 0 fully saturated rings. The van der Waals surface area contributed by atoms with Gasteiger partial charge in [0.2, 0.25) is 10.0 Å². The fraction of sp³-hybridized carbons (Fsp3) is 0.143. The van der Waals surface area contributed by atoms with Crippen molar-refractivity contribution in [2.24, 2.45) is 5.14 Å². The number of hydrogen-bond acceptors (Lipinski definition) is 5. The molecule has 0 bridgehead atoms. The van der Waals surface area contributed by atoms with Gasteiger partial charge in [-0.05, 0) is 17.6 Å². The monoisotopic (exact) mass is 231 g/mol. The molecule has 15 heavy (non-hydrogen) atoms. The van der Waals surface area contributed by atoms with Gasteiger partial charge in [0.15, 0.2) is 0 Å². The average molecular weight is 231 g/mol. The molecule has 1 aromatic carbocycles. The number of sulfonamides is 1. The Morgan fingerprint density at radius 3 is 2.33 bits per heavy atom. The standard InChI is InChI=1S/C7H10BNO5S/c1-14-6-2-5(8(10)11)3-7(4-6)15(9,12)13/h2-4,10-11H,1H3,(H2,9,12,13). The van der Waals surface area contributed by atoms with Crippen LogP contribution in [0.15, 0.2) is 23.1 Å². The van der Waals surface area contributed by atoms with E-state index in [1.807, 2.05) is 0 Å². The lowest BCUT2D eigenvalue weighted by Crippen LogP contribution is -2.31. The number of methoxy groups -OCH3 is 1. The topological polar surface area (TPSA) is 110 Å². The molecule has 0 unspecified atom stereocenters. The lowest BCUT2D eigenvalue weighted by Gasteiger charge is -2.06. The van der Waals surface area contributed by atoms with Crippen molar-refractivity contribution in [3.63, 3.8) is 0 Å². The van der Waals surface area contributed by atoms with Gasteiger partial charge >= 0.3 is 7.12 Å². The van der Waals surface area contributed by atoms with E-state index in [1.165, 1.54) is 19.2 Å². The molecule has 0 spiro atoms. The molecule has 0 amide bonds. The predicted molar refractivity (Wildman–Crippen MR) is 54.2 cm³/mol. The van der Waals surface area contributed by atoms with E-state index in [2.05, 4.69) is 0 Å². The quantitative estimate of drug-likeness (QED) is 0.522. The van der Waals surface area contributed by atoms with E-state index >= 15 is 0 Å². The number of hydrogen-bond donors (Lipinski definition) is 3. The van der Waals surface area contributed by atoms with Gasteiger partial charge in [-0.25, -0.2) is 13.6 Å². The minimum absolute atomic E-state index is 0.00150. The van der Waals surface area contributed by atoms with Crippen LogP contribution in [0.1, 0.15) is 0 Å². The Hall–Kier alpha value is -1.09. The van der Waals surface area contributed by atoms with Crippen molar-refractivity contribution in [1.29, 1.82) is 0 Å². The zero-order valence-electron chi connectivity index (χ0n) is 7.91. The van der Waals surface area contributed by atoms with Crippen LogP contribution in [0.4, 0.5) is 0 Å². The maximum absolute atomic E-state index is 11.0. The summed E-state index contributed by atoms with van der Waals surface area (Å²) < 4.78 is 26.9. The summed E-state index contributed by atoms with van der Waals surface area (Å²) in [5.41, 5.74) is -0.00150. The first-order valence-corrected chi connectivity index (χ1v) is 5.47. The van der Waals surface area contributed by atoms with Crippen LogP contribution in [-0.4, -0.2) is 32.7 Å². The fourth-order valence-electron chi connectivity index (χ4n) is 1.02. The molecule has 8 heteroatoms. The SMILES string of the molecule is COc1cc(B(O)O)cc(S(N)(=O)=O)c1. The molecule has 0 saturated heterocycles. The van der Waals surface area contributed by atoms with Crippen molar-refractivity contribution in [3.8, 4) is 5.75 Å². The van der Waals surface area contributed by atoms with Crippen molar-refractivity contribution in [3.05, 3.63) is 18.2 Å². The van der Waals surface area contributed by atoms with Crippen LogP contribution in [0.5, 0.6) is 5.75 Å². The van der Waals surface area contributed by atoms with Crippen LogP contribution in [0, 0.1) is 0 Å². The smallest absolute Gasteiger partial charge is 0.488 e. The Kier molecular flexibility index (Phi) is 3.35. The summed E-state index contributed by atoms with van der Waals surface area (Å²) in [4.78, 5) is -0.232. The van der Waals surface area contributed by atoms with E-state index in [1.54, 1.807) is 0 Å². The summed E-state index contributed by atoms with van der Waals surface area (Å²) in [6.45, 7) is 0. The Labute approximate surface area is 87.5 Å². The maximum Gasteiger partial charge on any atom is 0.488 e. The fourth-order valence-corrected chi connectivity index (χ4v) is 1.61. The summed E-state index contributed by atoms with van der Waals surface area (Å²) >= 11 is 0. The molecule has 0 heterocycles. The molecule has 0 aliphatic heterocycles. The molecule has 0 atom stereocenters. The van der Waals surface area contributed by atoms with E-state index in [0.29, 0.717) is 0 Å². The van der Waals surface area contributed by atoms with Crippen LogP contribution in [0.2, 0.25) is 0 Å². The van der Waals surface area contributed by atoms with Gasteiger partial charge in [-0.3, -0.25) is 0 Å². The first-order chi connectivity index (χ1) is 6.84. The van der Waals surface area contributed by atoms with E-state index < -0.39 is 17.1 Å². The Morgan fingerprint density at radius 1 is 1.33 bits per heavy atom. The van der Waals surface area contributed by atoms with Crippen LogP contribution in [0.3, 0.4) is 0 Å². The summed E-state index contributed by atoms with van der Waals surface area (Å²) in [6.07, 6.45) is 0. The second-order valence-corrected chi connectivity index (χ2v) is 4.42. The van der Waals surface area contributed by atoms with Crippen LogP contribution in [0.25, 0.3) is 0 Å². The highest BCUT2D eigenvalue weighted by Crippen LogP contribution is 2.14. The summed E-state index contributed by atoms with van der Waals surface area (Å²) in [7, 11) is -4.34. The molecule has 6 nitrogen and oxygen atoms in total. The summed E-state index contributed by atoms with van der Waals surface area (Å²) in [5.74, 6) is 0.185. The molecular weight excluding hydrogens is 221 g/mol. The van der Waals surface area contributed by atoms with Gasteiger partial charge in [-0.1, -0.05) is 0 Å². The molecule has 4 N–H and O–H groups in total. The maximum atomic E-state index is 11.0. The molecule has 0 aliphatic rings. The molecular formula is C7H10BNO5S. The van der Waals surface area contributed by atoms with Crippen molar-refractivity contribution in [2.75, 3.05) is 7.11 Å². The molecule has 0 radical (unpaired) electrons. The van der Waals surface area contributed by atoms with Crippen LogP contribution >= 0.6 is 0 Å². The zero-order valence-corrected chi connectivity index (χ0v) is 8.73. The minimum Gasteiger partial charge on any atom is -0.497 e. The molecule has 1 rings (SSSR count). The minimum atomic E-state index is -3.89. The van der Waals surface area contributed by atoms with Crippen LogP contribution in [-0.2, 0) is 10.0 Å². The third-order valence-corrected chi connectivity index (χ3v) is 2.66. The normalized spacial score (nSPS) is 11.2. The molecule has 82 valence electrons. The second kappa shape index (κ2) is 4.19. The number of ether oxygens (including phenoxy) is 1. The van der Waals surface area contributed by atoms with E-state index in [0.717, 1.165) is 6.07 Å². The Balaban J connectivity index is 3.36. The van der Waals surface area contributed by atoms with Gasteiger partial charge in [0, 0.05) is 6.07 Å². The summed E-state index contributed by atoms with van der Waals surface area (Å²) in [6, 6.07) is 3.57. The average Bonchev–Trinajstić information content (AvgIpc) is 2.15. The first kappa shape index (κ1) is 12.0. The van der Waals surface area contributed by atoms with Crippen molar-refractivity contribution in [2.45, 2.75) is 4.90 Å². The van der Waals surface area contributed by atoms with Crippen molar-refractivity contribution >= 4 is 22.6 Å². The van der Waals surface area contributed by atoms with Gasteiger partial charge in [0.25, 0.3) is 0 Å². The first-order valence-electron chi connectivity index (χ1n) is 3.92. The third-order valence-electron chi connectivity index (χ3n) is 1.76. The number of nitrogens with two attached hydrogens (primary N) is 1. The van der Waals surface area contributed by atoms with Gasteiger partial charge in [-0.15, -0.1) is 0 Å². The van der Waals surface area contributed by atoms with E-state index in [-0.39, 0.29) is 16.1 Å². The van der Waals surface area contributed by atoms with Crippen molar-refractivity contribution < 1.29 is 23.2 Å². The van der Waals surface area contributed by atoms with Gasteiger partial charge in [0.1, 0.15) is 5.75 Å². The lowest BCUT2D eigenvalue weighted by molar-refractivity contribution is 0.410.